The fourth-order valence-corrected chi connectivity index (χ4v) is 8.81. The number of rotatable bonds is 56. The van der Waals surface area contributed by atoms with Crippen molar-refractivity contribution in [3.8, 4) is 0 Å². The van der Waals surface area contributed by atoms with Crippen LogP contribution in [0, 0.1) is 0 Å². The zero-order valence-corrected chi connectivity index (χ0v) is 47.4. The molecule has 5 nitrogen and oxygen atoms in total. The number of esters is 2. The highest BCUT2D eigenvalue weighted by Gasteiger charge is 2.16. The van der Waals surface area contributed by atoms with Crippen molar-refractivity contribution in [3.63, 3.8) is 0 Å². The predicted molar refractivity (Wildman–Crippen MR) is 316 cm³/mol. The summed E-state index contributed by atoms with van der Waals surface area (Å²) in [6.07, 6.45) is 88.3. The average molecular weight is 1000 g/mol. The van der Waals surface area contributed by atoms with Gasteiger partial charge >= 0.3 is 11.9 Å². The largest absolute Gasteiger partial charge is 0.462 e. The number of allylic oxidation sites excluding steroid dienone is 16. The molecule has 1 unspecified atom stereocenters. The molecule has 0 aliphatic heterocycles. The summed E-state index contributed by atoms with van der Waals surface area (Å²) in [4.78, 5) is 24.6. The Morgan fingerprint density at radius 1 is 0.333 bits per heavy atom. The molecule has 0 rings (SSSR count). The Hall–Kier alpha value is -3.18. The molecular weight excluding hydrogens is 885 g/mol. The number of ether oxygens (including phenoxy) is 2. The molecule has 0 saturated carbocycles. The van der Waals surface area contributed by atoms with Gasteiger partial charge in [-0.25, -0.2) is 0 Å². The lowest BCUT2D eigenvalue weighted by Gasteiger charge is -2.15. The first-order chi connectivity index (χ1) is 35.6. The summed E-state index contributed by atoms with van der Waals surface area (Å²) in [5.74, 6) is -0.601. The molecule has 0 aliphatic carbocycles. The minimum absolute atomic E-state index is 0.0738. The van der Waals surface area contributed by atoms with Gasteiger partial charge in [0.05, 0.1) is 6.61 Å². The van der Waals surface area contributed by atoms with E-state index < -0.39 is 6.10 Å². The van der Waals surface area contributed by atoms with Gasteiger partial charge in [0.15, 0.2) is 6.10 Å². The number of carbonyl (C=O) groups is 2. The molecule has 0 radical (unpaired) electrons. The molecular formula is C67H116O5. The normalized spacial score (nSPS) is 12.9. The zero-order valence-electron chi connectivity index (χ0n) is 47.4. The molecule has 0 aliphatic rings. The van der Waals surface area contributed by atoms with Crippen molar-refractivity contribution in [1.82, 2.24) is 0 Å². The van der Waals surface area contributed by atoms with E-state index in [1.165, 1.54) is 173 Å². The van der Waals surface area contributed by atoms with E-state index in [1.54, 1.807) is 0 Å². The SMILES string of the molecule is CC/C=C\C/C=C\C/C=C\C/C=C\C/C=C\C/C=C\C/C=C\C/C=C\CCCCCCCCC(=O)OC(CO)COC(=O)CCCCCCCCCCCCCCCCCCCCCCCCCCCCC. The minimum Gasteiger partial charge on any atom is -0.462 e. The molecule has 0 bridgehead atoms. The van der Waals surface area contributed by atoms with Crippen molar-refractivity contribution >= 4 is 11.9 Å². The van der Waals surface area contributed by atoms with Gasteiger partial charge in [-0.1, -0.05) is 304 Å². The molecule has 0 aromatic carbocycles. The van der Waals surface area contributed by atoms with E-state index in [-0.39, 0.29) is 25.2 Å². The van der Waals surface area contributed by atoms with Crippen molar-refractivity contribution in [1.29, 1.82) is 0 Å². The van der Waals surface area contributed by atoms with E-state index in [1.807, 2.05) is 0 Å². The number of carbonyl (C=O) groups excluding carboxylic acids is 2. The van der Waals surface area contributed by atoms with E-state index >= 15 is 0 Å². The van der Waals surface area contributed by atoms with Crippen LogP contribution in [0.25, 0.3) is 0 Å². The van der Waals surface area contributed by atoms with Gasteiger partial charge in [0.1, 0.15) is 6.61 Å². The van der Waals surface area contributed by atoms with E-state index in [0.717, 1.165) is 96.3 Å². The summed E-state index contributed by atoms with van der Waals surface area (Å²) in [6, 6.07) is 0. The molecule has 0 heterocycles. The first-order valence-corrected chi connectivity index (χ1v) is 30.8. The highest BCUT2D eigenvalue weighted by Crippen LogP contribution is 2.17. The van der Waals surface area contributed by atoms with Crippen LogP contribution in [0.3, 0.4) is 0 Å². The van der Waals surface area contributed by atoms with Gasteiger partial charge in [0, 0.05) is 12.8 Å². The van der Waals surface area contributed by atoms with E-state index in [9.17, 15) is 14.7 Å². The van der Waals surface area contributed by atoms with Gasteiger partial charge < -0.3 is 14.6 Å². The molecule has 0 aromatic heterocycles. The molecule has 1 N–H and O–H groups in total. The molecule has 0 spiro atoms. The van der Waals surface area contributed by atoms with Crippen LogP contribution in [0.5, 0.6) is 0 Å². The Morgan fingerprint density at radius 2 is 0.597 bits per heavy atom. The average Bonchev–Trinajstić information content (AvgIpc) is 3.38. The molecule has 1 atom stereocenters. The van der Waals surface area contributed by atoms with Crippen LogP contribution in [0.1, 0.15) is 296 Å². The fourth-order valence-electron chi connectivity index (χ4n) is 8.81. The van der Waals surface area contributed by atoms with Crippen LogP contribution in [-0.4, -0.2) is 36.4 Å². The quantitative estimate of drug-likeness (QED) is 0.0373. The van der Waals surface area contributed by atoms with Crippen molar-refractivity contribution < 1.29 is 24.2 Å². The third-order valence-electron chi connectivity index (χ3n) is 13.4. The standard InChI is InChI=1S/C67H116O5/c1-3-5-7-9-11-13-15-17-19-21-23-25-27-29-31-32-33-34-36-38-40-42-44-46-48-50-52-54-56-58-60-62-67(70)72-65(63-68)64-71-66(69)61-59-57-55-53-51-49-47-45-43-41-39-37-35-30-28-26-24-22-20-18-16-14-12-10-8-6-4-2/h5,7,11,13,17,19,23,25,29,31,33-34,38,40,44,46,65,68H,3-4,6,8-10,12,14-16,18,20-22,24,26-28,30,32,35-37,39,41-43,45,47-64H2,1-2H3/b7-5-,13-11-,19-17-,25-23-,31-29-,34-33-,40-38-,46-44-. The van der Waals surface area contributed by atoms with Crippen molar-refractivity contribution in [3.05, 3.63) is 97.2 Å². The second kappa shape index (κ2) is 62.1. The van der Waals surface area contributed by atoms with Crippen molar-refractivity contribution in [2.24, 2.45) is 0 Å². The summed E-state index contributed by atoms with van der Waals surface area (Å²) in [7, 11) is 0. The number of aliphatic hydroxyl groups excluding tert-OH is 1. The van der Waals surface area contributed by atoms with Crippen LogP contribution >= 0.6 is 0 Å². The van der Waals surface area contributed by atoms with Crippen molar-refractivity contribution in [2.75, 3.05) is 13.2 Å². The zero-order chi connectivity index (χ0) is 52.0. The Kier molecular flexibility index (Phi) is 59.4. The van der Waals surface area contributed by atoms with E-state index in [4.69, 9.17) is 9.47 Å². The Balaban J connectivity index is 3.53. The van der Waals surface area contributed by atoms with Crippen LogP contribution in [0.4, 0.5) is 0 Å². The van der Waals surface area contributed by atoms with Crippen LogP contribution in [0.2, 0.25) is 0 Å². The lowest BCUT2D eigenvalue weighted by Crippen LogP contribution is -2.28. The summed E-state index contributed by atoms with van der Waals surface area (Å²) < 4.78 is 10.7. The molecule has 0 aromatic rings. The minimum atomic E-state index is -0.786. The summed E-state index contributed by atoms with van der Waals surface area (Å²) in [5, 5.41) is 9.67. The topological polar surface area (TPSA) is 72.8 Å². The molecule has 414 valence electrons. The van der Waals surface area contributed by atoms with Gasteiger partial charge in [-0.3, -0.25) is 9.59 Å². The number of hydrogen-bond acceptors (Lipinski definition) is 5. The maximum Gasteiger partial charge on any atom is 0.306 e. The smallest absolute Gasteiger partial charge is 0.306 e. The lowest BCUT2D eigenvalue weighted by atomic mass is 10.0. The Bertz CT molecular complexity index is 1360. The Labute approximate surface area is 447 Å². The highest BCUT2D eigenvalue weighted by molar-refractivity contribution is 5.70. The Morgan fingerprint density at radius 3 is 0.903 bits per heavy atom. The van der Waals surface area contributed by atoms with Crippen LogP contribution < -0.4 is 0 Å². The third-order valence-corrected chi connectivity index (χ3v) is 13.4. The van der Waals surface area contributed by atoms with Gasteiger partial charge in [0.2, 0.25) is 0 Å². The second-order valence-electron chi connectivity index (χ2n) is 20.4. The summed E-state index contributed by atoms with van der Waals surface area (Å²) in [6.45, 7) is 4.05. The molecule has 5 heteroatoms. The van der Waals surface area contributed by atoms with Crippen LogP contribution in [-0.2, 0) is 19.1 Å². The second-order valence-corrected chi connectivity index (χ2v) is 20.4. The monoisotopic (exact) mass is 1000 g/mol. The van der Waals surface area contributed by atoms with Gasteiger partial charge in [-0.05, 0) is 77.0 Å². The van der Waals surface area contributed by atoms with E-state index in [0.29, 0.717) is 12.8 Å². The number of unbranched alkanes of at least 4 members (excludes halogenated alkanes) is 32. The molecule has 72 heavy (non-hydrogen) atoms. The summed E-state index contributed by atoms with van der Waals surface area (Å²) in [5.41, 5.74) is 0. The fraction of sp³-hybridized carbons (Fsp3) is 0.731. The van der Waals surface area contributed by atoms with Crippen LogP contribution in [0.15, 0.2) is 97.2 Å². The van der Waals surface area contributed by atoms with Gasteiger partial charge in [-0.2, -0.15) is 0 Å². The van der Waals surface area contributed by atoms with Gasteiger partial charge in [-0.15, -0.1) is 0 Å². The molecule has 0 saturated heterocycles. The number of hydrogen-bond donors (Lipinski definition) is 1. The first-order valence-electron chi connectivity index (χ1n) is 30.8. The highest BCUT2D eigenvalue weighted by atomic mass is 16.6. The van der Waals surface area contributed by atoms with Gasteiger partial charge in [0.25, 0.3) is 0 Å². The number of aliphatic hydroxyl groups is 1. The summed E-state index contributed by atoms with van der Waals surface area (Å²) >= 11 is 0. The lowest BCUT2D eigenvalue weighted by molar-refractivity contribution is -0.161. The predicted octanol–water partition coefficient (Wildman–Crippen LogP) is 21.1. The van der Waals surface area contributed by atoms with E-state index in [2.05, 4.69) is 111 Å². The molecule has 0 fully saturated rings. The molecule has 0 amide bonds. The first kappa shape index (κ1) is 68.8. The maximum atomic E-state index is 12.3. The van der Waals surface area contributed by atoms with Crippen molar-refractivity contribution in [2.45, 2.75) is 302 Å². The third kappa shape index (κ3) is 59.4. The maximum absolute atomic E-state index is 12.3.